The first-order chi connectivity index (χ1) is 10.7. The van der Waals surface area contributed by atoms with Gasteiger partial charge in [-0.25, -0.2) is 0 Å². The third-order valence-corrected chi connectivity index (χ3v) is 3.41. The van der Waals surface area contributed by atoms with E-state index < -0.39 is 0 Å². The predicted octanol–water partition coefficient (Wildman–Crippen LogP) is 3.09. The van der Waals surface area contributed by atoms with E-state index in [1.807, 2.05) is 61.5 Å². The molecular weight excluding hydrogens is 278 g/mol. The Morgan fingerprint density at radius 1 is 1.09 bits per heavy atom. The van der Waals surface area contributed by atoms with E-state index in [0.717, 1.165) is 16.9 Å². The summed E-state index contributed by atoms with van der Waals surface area (Å²) in [6.45, 7) is 2.49. The lowest BCUT2D eigenvalue weighted by atomic mass is 10.1. The van der Waals surface area contributed by atoms with Crippen molar-refractivity contribution in [2.75, 3.05) is 13.7 Å². The molecule has 0 amide bonds. The fourth-order valence-corrected chi connectivity index (χ4v) is 2.04. The van der Waals surface area contributed by atoms with Gasteiger partial charge in [0.25, 0.3) is 0 Å². The lowest BCUT2D eigenvalue weighted by Gasteiger charge is -2.14. The number of hydrogen-bond acceptors (Lipinski definition) is 4. The summed E-state index contributed by atoms with van der Waals surface area (Å²) in [6, 6.07) is 17.5. The first-order valence-corrected chi connectivity index (χ1v) is 7.26. The van der Waals surface area contributed by atoms with E-state index in [4.69, 9.17) is 9.47 Å². The molecule has 0 saturated heterocycles. The van der Waals surface area contributed by atoms with E-state index in [-0.39, 0.29) is 18.6 Å². The van der Waals surface area contributed by atoms with Gasteiger partial charge in [0, 0.05) is 6.04 Å². The van der Waals surface area contributed by atoms with Gasteiger partial charge in [0.15, 0.2) is 0 Å². The Balaban J connectivity index is 1.75. The zero-order chi connectivity index (χ0) is 15.8. The molecule has 2 rings (SSSR count). The van der Waals surface area contributed by atoms with E-state index in [1.54, 1.807) is 7.11 Å². The van der Waals surface area contributed by atoms with Gasteiger partial charge in [-0.2, -0.15) is 0 Å². The van der Waals surface area contributed by atoms with Crippen LogP contribution in [0, 0.1) is 0 Å². The van der Waals surface area contributed by atoms with Gasteiger partial charge in [-0.15, -0.1) is 0 Å². The highest BCUT2D eigenvalue weighted by molar-refractivity contribution is 5.71. The van der Waals surface area contributed by atoms with Crippen LogP contribution in [0.3, 0.4) is 0 Å². The van der Waals surface area contributed by atoms with Crippen LogP contribution < -0.4 is 10.1 Å². The smallest absolute Gasteiger partial charge is 0.320 e. The van der Waals surface area contributed by atoms with Crippen molar-refractivity contribution in [3.63, 3.8) is 0 Å². The van der Waals surface area contributed by atoms with Crippen LogP contribution >= 0.6 is 0 Å². The average Bonchev–Trinajstić information content (AvgIpc) is 2.58. The minimum absolute atomic E-state index is 0.0650. The van der Waals surface area contributed by atoms with Gasteiger partial charge in [0.1, 0.15) is 12.4 Å². The highest BCUT2D eigenvalue weighted by atomic mass is 16.5. The Morgan fingerprint density at radius 3 is 2.41 bits per heavy atom. The number of carbonyl (C=O) groups is 1. The van der Waals surface area contributed by atoms with Gasteiger partial charge in [-0.1, -0.05) is 42.5 Å². The molecule has 1 N–H and O–H groups in total. The Bertz CT molecular complexity index is 581. The Labute approximate surface area is 131 Å². The molecule has 0 aliphatic heterocycles. The van der Waals surface area contributed by atoms with E-state index in [0.29, 0.717) is 6.61 Å². The summed E-state index contributed by atoms with van der Waals surface area (Å²) in [4.78, 5) is 11.7. The fourth-order valence-electron chi connectivity index (χ4n) is 2.04. The molecule has 0 saturated carbocycles. The fraction of sp³-hybridized carbons (Fsp3) is 0.278. The van der Waals surface area contributed by atoms with Crippen LogP contribution in [0.25, 0.3) is 0 Å². The summed E-state index contributed by atoms with van der Waals surface area (Å²) in [7, 11) is 1.64. The maximum absolute atomic E-state index is 11.7. The number of carbonyl (C=O) groups excluding carboxylic acids is 1. The molecule has 0 aliphatic rings. The number of methoxy groups -OCH3 is 1. The Morgan fingerprint density at radius 2 is 1.77 bits per heavy atom. The van der Waals surface area contributed by atoms with Crippen LogP contribution in [0.5, 0.6) is 5.75 Å². The molecule has 0 bridgehead atoms. The average molecular weight is 299 g/mol. The van der Waals surface area contributed by atoms with Crippen LogP contribution in [0.2, 0.25) is 0 Å². The normalized spacial score (nSPS) is 11.7. The molecule has 4 heteroatoms. The van der Waals surface area contributed by atoms with Gasteiger partial charge < -0.3 is 14.8 Å². The summed E-state index contributed by atoms with van der Waals surface area (Å²) in [5.74, 6) is 0.558. The highest BCUT2D eigenvalue weighted by Crippen LogP contribution is 2.16. The summed E-state index contributed by atoms with van der Waals surface area (Å²) in [5.41, 5.74) is 2.08. The third-order valence-electron chi connectivity index (χ3n) is 3.41. The summed E-state index contributed by atoms with van der Waals surface area (Å²) in [6.07, 6.45) is 0. The first kappa shape index (κ1) is 16.0. The summed E-state index contributed by atoms with van der Waals surface area (Å²) >= 11 is 0. The van der Waals surface area contributed by atoms with Gasteiger partial charge in [-0.05, 0) is 30.2 Å². The third kappa shape index (κ3) is 4.90. The second-order valence-corrected chi connectivity index (χ2v) is 5.02. The predicted molar refractivity (Wildman–Crippen MR) is 85.6 cm³/mol. The van der Waals surface area contributed by atoms with Crippen molar-refractivity contribution in [2.24, 2.45) is 0 Å². The number of hydrogen-bond donors (Lipinski definition) is 1. The van der Waals surface area contributed by atoms with Crippen molar-refractivity contribution in [1.29, 1.82) is 0 Å². The molecule has 0 spiro atoms. The second kappa shape index (κ2) is 8.20. The van der Waals surface area contributed by atoms with Gasteiger partial charge >= 0.3 is 5.97 Å². The van der Waals surface area contributed by atoms with Gasteiger partial charge in [0.2, 0.25) is 0 Å². The number of benzene rings is 2. The molecule has 0 fully saturated rings. The van der Waals surface area contributed by atoms with Crippen LogP contribution in [-0.4, -0.2) is 19.6 Å². The molecule has 0 radical (unpaired) electrons. The molecule has 4 nitrogen and oxygen atoms in total. The maximum atomic E-state index is 11.7. The summed E-state index contributed by atoms with van der Waals surface area (Å²) in [5, 5.41) is 3.16. The Kier molecular flexibility index (Phi) is 5.98. The minimum Gasteiger partial charge on any atom is -0.497 e. The second-order valence-electron chi connectivity index (χ2n) is 5.02. The zero-order valence-corrected chi connectivity index (χ0v) is 12.9. The molecule has 22 heavy (non-hydrogen) atoms. The SMILES string of the molecule is COc1ccc(C(C)NCC(=O)OCc2ccccc2)cc1. The molecule has 1 unspecified atom stereocenters. The van der Waals surface area contributed by atoms with E-state index in [1.165, 1.54) is 0 Å². The topological polar surface area (TPSA) is 47.6 Å². The van der Waals surface area contributed by atoms with Crippen LogP contribution in [0.4, 0.5) is 0 Å². The standard InChI is InChI=1S/C18H21NO3/c1-14(16-8-10-17(21-2)11-9-16)19-12-18(20)22-13-15-6-4-3-5-7-15/h3-11,14,19H,12-13H2,1-2H3. The molecule has 2 aromatic rings. The van der Waals surface area contributed by atoms with Crippen molar-refractivity contribution in [1.82, 2.24) is 5.32 Å². The molecule has 0 heterocycles. The highest BCUT2D eigenvalue weighted by Gasteiger charge is 2.09. The van der Waals surface area contributed by atoms with Crippen LogP contribution in [0.1, 0.15) is 24.1 Å². The number of esters is 1. The zero-order valence-electron chi connectivity index (χ0n) is 12.9. The van der Waals surface area contributed by atoms with Crippen molar-refractivity contribution < 1.29 is 14.3 Å². The monoisotopic (exact) mass is 299 g/mol. The molecule has 2 aromatic carbocycles. The van der Waals surface area contributed by atoms with Crippen LogP contribution in [-0.2, 0) is 16.1 Å². The van der Waals surface area contributed by atoms with E-state index in [2.05, 4.69) is 5.32 Å². The van der Waals surface area contributed by atoms with Crippen molar-refractivity contribution in [3.05, 3.63) is 65.7 Å². The largest absolute Gasteiger partial charge is 0.497 e. The van der Waals surface area contributed by atoms with Crippen LogP contribution in [0.15, 0.2) is 54.6 Å². The minimum atomic E-state index is -0.260. The van der Waals surface area contributed by atoms with Crippen molar-refractivity contribution >= 4 is 5.97 Å². The van der Waals surface area contributed by atoms with E-state index in [9.17, 15) is 4.79 Å². The molecular formula is C18H21NO3. The molecule has 116 valence electrons. The quantitative estimate of drug-likeness (QED) is 0.798. The van der Waals surface area contributed by atoms with Crippen molar-refractivity contribution in [2.45, 2.75) is 19.6 Å². The Hall–Kier alpha value is -2.33. The van der Waals surface area contributed by atoms with Gasteiger partial charge in [-0.3, -0.25) is 4.79 Å². The van der Waals surface area contributed by atoms with Crippen molar-refractivity contribution in [3.8, 4) is 5.75 Å². The lowest BCUT2D eigenvalue weighted by Crippen LogP contribution is -2.27. The molecule has 0 aromatic heterocycles. The first-order valence-electron chi connectivity index (χ1n) is 7.26. The maximum Gasteiger partial charge on any atom is 0.320 e. The van der Waals surface area contributed by atoms with Gasteiger partial charge in [0.05, 0.1) is 13.7 Å². The molecule has 0 aliphatic carbocycles. The molecule has 1 atom stereocenters. The lowest BCUT2D eigenvalue weighted by molar-refractivity contribution is -0.144. The van der Waals surface area contributed by atoms with E-state index >= 15 is 0 Å². The summed E-state index contributed by atoms with van der Waals surface area (Å²) < 4.78 is 10.4. The number of rotatable bonds is 7. The number of ether oxygens (including phenoxy) is 2. The number of nitrogens with one attached hydrogen (secondary N) is 1.